The lowest BCUT2D eigenvalue weighted by Crippen LogP contribution is -2.53. The third-order valence-corrected chi connectivity index (χ3v) is 2.19. The maximum Gasteiger partial charge on any atom is 0.247 e. The van der Waals surface area contributed by atoms with E-state index in [2.05, 4.69) is 12.6 Å². The van der Waals surface area contributed by atoms with Crippen molar-refractivity contribution in [3.63, 3.8) is 0 Å². The van der Waals surface area contributed by atoms with Gasteiger partial charge in [-0.3, -0.25) is 4.79 Å². The Labute approximate surface area is 78.0 Å². The van der Waals surface area contributed by atoms with Gasteiger partial charge >= 0.3 is 0 Å². The van der Waals surface area contributed by atoms with Crippen LogP contribution in [0, 0.1) is 11.3 Å². The number of piperazine rings is 1. The molecule has 1 fully saturated rings. The Morgan fingerprint density at radius 1 is 1.69 bits per heavy atom. The summed E-state index contributed by atoms with van der Waals surface area (Å²) < 4.78 is 0. The second kappa shape index (κ2) is 4.06. The van der Waals surface area contributed by atoms with Crippen molar-refractivity contribution in [1.29, 1.82) is 5.26 Å². The van der Waals surface area contributed by atoms with E-state index in [1.165, 1.54) is 6.08 Å². The maximum atomic E-state index is 11.3. The molecule has 0 spiro atoms. The van der Waals surface area contributed by atoms with E-state index in [1.54, 1.807) is 4.90 Å². The van der Waals surface area contributed by atoms with Crippen LogP contribution in [0.25, 0.3) is 0 Å². The van der Waals surface area contributed by atoms with Crippen molar-refractivity contribution in [1.82, 2.24) is 9.80 Å². The van der Waals surface area contributed by atoms with Crippen molar-refractivity contribution in [2.45, 2.75) is 6.04 Å². The van der Waals surface area contributed by atoms with Gasteiger partial charge in [0.2, 0.25) is 5.91 Å². The molecule has 1 aliphatic heterocycles. The first-order chi connectivity index (χ1) is 6.19. The highest BCUT2D eigenvalue weighted by Crippen LogP contribution is 2.07. The number of rotatable bonds is 1. The molecule has 1 unspecified atom stereocenters. The molecule has 70 valence electrons. The van der Waals surface area contributed by atoms with Crippen LogP contribution in [0.5, 0.6) is 0 Å². The lowest BCUT2D eigenvalue weighted by Gasteiger charge is -2.35. The van der Waals surface area contributed by atoms with Crippen LogP contribution in [-0.2, 0) is 4.79 Å². The van der Waals surface area contributed by atoms with Crippen LogP contribution >= 0.6 is 0 Å². The summed E-state index contributed by atoms with van der Waals surface area (Å²) in [5, 5.41) is 8.82. The smallest absolute Gasteiger partial charge is 0.247 e. The number of hydrogen-bond donors (Lipinski definition) is 0. The Morgan fingerprint density at radius 2 is 2.38 bits per heavy atom. The van der Waals surface area contributed by atoms with Crippen molar-refractivity contribution in [2.75, 3.05) is 26.7 Å². The number of likely N-dealkylation sites (N-methyl/N-ethyl adjacent to an activating group) is 1. The van der Waals surface area contributed by atoms with Crippen LogP contribution in [0.4, 0.5) is 0 Å². The second-order valence-corrected chi connectivity index (χ2v) is 3.14. The summed E-state index contributed by atoms with van der Waals surface area (Å²) in [6, 6.07) is 1.79. The molecule has 0 bridgehead atoms. The van der Waals surface area contributed by atoms with E-state index in [0.29, 0.717) is 13.1 Å². The molecule has 1 amide bonds. The molecule has 0 aromatic rings. The summed E-state index contributed by atoms with van der Waals surface area (Å²) in [5.74, 6) is -0.153. The molecule has 1 aliphatic rings. The van der Waals surface area contributed by atoms with E-state index < -0.39 is 0 Å². The third-order valence-electron chi connectivity index (χ3n) is 2.19. The van der Waals surface area contributed by atoms with E-state index in [1.807, 2.05) is 11.9 Å². The Hall–Kier alpha value is -1.34. The summed E-state index contributed by atoms with van der Waals surface area (Å²) >= 11 is 0. The van der Waals surface area contributed by atoms with Gasteiger partial charge in [-0.1, -0.05) is 6.58 Å². The molecule has 1 rings (SSSR count). The first-order valence-corrected chi connectivity index (χ1v) is 4.20. The first kappa shape index (κ1) is 9.75. The van der Waals surface area contributed by atoms with Crippen LogP contribution in [0.3, 0.4) is 0 Å². The van der Waals surface area contributed by atoms with Gasteiger partial charge in [0.15, 0.2) is 0 Å². The molecule has 13 heavy (non-hydrogen) atoms. The van der Waals surface area contributed by atoms with Crippen molar-refractivity contribution in [2.24, 2.45) is 0 Å². The fourth-order valence-electron chi connectivity index (χ4n) is 1.41. The summed E-state index contributed by atoms with van der Waals surface area (Å²) in [6.07, 6.45) is 1.26. The van der Waals surface area contributed by atoms with Gasteiger partial charge in [0.05, 0.1) is 6.07 Å². The van der Waals surface area contributed by atoms with Crippen molar-refractivity contribution in [3.05, 3.63) is 12.7 Å². The molecule has 0 aromatic heterocycles. The zero-order chi connectivity index (χ0) is 9.84. The number of carbonyl (C=O) groups is 1. The molecule has 1 heterocycles. The summed E-state index contributed by atoms with van der Waals surface area (Å²) in [7, 11) is 1.94. The van der Waals surface area contributed by atoms with Crippen molar-refractivity contribution < 1.29 is 4.79 Å². The van der Waals surface area contributed by atoms with Gasteiger partial charge in [-0.25, -0.2) is 0 Å². The number of nitrogens with zero attached hydrogens (tertiary/aromatic N) is 3. The molecular formula is C9H13N3O. The first-order valence-electron chi connectivity index (χ1n) is 4.20. The fraction of sp³-hybridized carbons (Fsp3) is 0.556. The minimum Gasteiger partial charge on any atom is -0.321 e. The Bertz CT molecular complexity index is 256. The van der Waals surface area contributed by atoms with E-state index in [-0.39, 0.29) is 11.9 Å². The predicted octanol–water partition coefficient (Wildman–Crippen LogP) is -0.161. The summed E-state index contributed by atoms with van der Waals surface area (Å²) in [5.41, 5.74) is 0. The molecule has 4 heteroatoms. The molecule has 1 atom stereocenters. The van der Waals surface area contributed by atoms with Crippen molar-refractivity contribution in [3.8, 4) is 6.07 Å². The molecule has 0 aliphatic carbocycles. The Kier molecular flexibility index (Phi) is 3.04. The predicted molar refractivity (Wildman–Crippen MR) is 48.8 cm³/mol. The largest absolute Gasteiger partial charge is 0.321 e. The lowest BCUT2D eigenvalue weighted by atomic mass is 10.2. The average molecular weight is 179 g/mol. The standard InChI is InChI=1S/C9H13N3O/c1-3-9(13)12-5-4-11(2)7-8(12)6-10/h3,8H,1,4-5,7H2,2H3. The van der Waals surface area contributed by atoms with Gasteiger partial charge in [-0.2, -0.15) is 5.26 Å². The summed E-state index contributed by atoms with van der Waals surface area (Å²) in [4.78, 5) is 14.9. The average Bonchev–Trinajstić information content (AvgIpc) is 2.16. The minimum atomic E-state index is -0.329. The zero-order valence-corrected chi connectivity index (χ0v) is 7.73. The lowest BCUT2D eigenvalue weighted by molar-refractivity contribution is -0.129. The number of hydrogen-bond acceptors (Lipinski definition) is 3. The quantitative estimate of drug-likeness (QED) is 0.525. The molecule has 0 N–H and O–H groups in total. The van der Waals surface area contributed by atoms with Gasteiger partial charge in [-0.15, -0.1) is 0 Å². The van der Waals surface area contributed by atoms with Crippen molar-refractivity contribution >= 4 is 5.91 Å². The van der Waals surface area contributed by atoms with Crippen LogP contribution in [0.2, 0.25) is 0 Å². The van der Waals surface area contributed by atoms with E-state index in [0.717, 1.165) is 6.54 Å². The fourth-order valence-corrected chi connectivity index (χ4v) is 1.41. The topological polar surface area (TPSA) is 47.3 Å². The number of carbonyl (C=O) groups excluding carboxylic acids is 1. The Morgan fingerprint density at radius 3 is 2.92 bits per heavy atom. The SMILES string of the molecule is C=CC(=O)N1CCN(C)CC1C#N. The van der Waals surface area contributed by atoms with E-state index >= 15 is 0 Å². The highest BCUT2D eigenvalue weighted by Gasteiger charge is 2.27. The number of amides is 1. The van der Waals surface area contributed by atoms with Gasteiger partial charge < -0.3 is 9.80 Å². The van der Waals surface area contributed by atoms with Gasteiger partial charge in [0, 0.05) is 19.6 Å². The van der Waals surface area contributed by atoms with Crippen LogP contribution < -0.4 is 0 Å². The van der Waals surface area contributed by atoms with E-state index in [9.17, 15) is 4.79 Å². The zero-order valence-electron chi connectivity index (χ0n) is 7.73. The molecule has 4 nitrogen and oxygen atoms in total. The normalized spacial score (nSPS) is 23.7. The highest BCUT2D eigenvalue weighted by atomic mass is 16.2. The molecular weight excluding hydrogens is 166 g/mol. The van der Waals surface area contributed by atoms with Gasteiger partial charge in [-0.05, 0) is 13.1 Å². The molecule has 1 saturated heterocycles. The molecule has 0 saturated carbocycles. The molecule has 0 aromatic carbocycles. The summed E-state index contributed by atoms with van der Waals surface area (Å²) in [6.45, 7) is 5.46. The monoisotopic (exact) mass is 179 g/mol. The van der Waals surface area contributed by atoms with E-state index in [4.69, 9.17) is 5.26 Å². The molecule has 0 radical (unpaired) electrons. The highest BCUT2D eigenvalue weighted by molar-refractivity contribution is 5.87. The number of nitriles is 1. The van der Waals surface area contributed by atoms with Crippen LogP contribution in [0.15, 0.2) is 12.7 Å². The van der Waals surface area contributed by atoms with Crippen LogP contribution in [-0.4, -0.2) is 48.4 Å². The van der Waals surface area contributed by atoms with Gasteiger partial charge in [0.1, 0.15) is 6.04 Å². The van der Waals surface area contributed by atoms with Gasteiger partial charge in [0.25, 0.3) is 0 Å². The van der Waals surface area contributed by atoms with Crippen LogP contribution in [0.1, 0.15) is 0 Å². The minimum absolute atomic E-state index is 0.153. The Balaban J connectivity index is 2.69. The second-order valence-electron chi connectivity index (χ2n) is 3.14. The maximum absolute atomic E-state index is 11.3. The third kappa shape index (κ3) is 2.07.